The molecule has 0 aromatic rings. The summed E-state index contributed by atoms with van der Waals surface area (Å²) in [5.41, 5.74) is 1.78. The fourth-order valence-electron chi connectivity index (χ4n) is 2.42. The largest absolute Gasteiger partial charge is 0.389 e. The van der Waals surface area contributed by atoms with Crippen molar-refractivity contribution in [2.75, 3.05) is 0 Å². The van der Waals surface area contributed by atoms with Crippen LogP contribution in [0.5, 0.6) is 0 Å². The van der Waals surface area contributed by atoms with Gasteiger partial charge in [0.1, 0.15) is 0 Å². The zero-order valence-corrected chi connectivity index (χ0v) is 9.84. The standard InChI is InChI=1S/C13H24O/c1-4-5-6-7-11-8-12(14)10-13(2,3)9-11/h8,12,14H,4-7,9-10H2,1-3H3. The van der Waals surface area contributed by atoms with Gasteiger partial charge in [-0.3, -0.25) is 0 Å². The lowest BCUT2D eigenvalue weighted by atomic mass is 9.75. The van der Waals surface area contributed by atoms with Crippen molar-refractivity contribution in [1.29, 1.82) is 0 Å². The monoisotopic (exact) mass is 196 g/mol. The number of aliphatic hydroxyl groups excluding tert-OH is 1. The summed E-state index contributed by atoms with van der Waals surface area (Å²) in [6.07, 6.45) is 9.04. The van der Waals surface area contributed by atoms with Gasteiger partial charge in [0.2, 0.25) is 0 Å². The number of aliphatic hydroxyl groups is 1. The Balaban J connectivity index is 2.43. The van der Waals surface area contributed by atoms with Crippen LogP contribution in [0.2, 0.25) is 0 Å². The molecule has 1 unspecified atom stereocenters. The molecule has 1 aliphatic carbocycles. The first-order valence-corrected chi connectivity index (χ1v) is 5.91. The highest BCUT2D eigenvalue weighted by Gasteiger charge is 2.26. The molecule has 0 radical (unpaired) electrons. The van der Waals surface area contributed by atoms with Crippen LogP contribution < -0.4 is 0 Å². The van der Waals surface area contributed by atoms with E-state index in [1.165, 1.54) is 37.7 Å². The maximum atomic E-state index is 9.70. The molecular formula is C13H24O. The second-order valence-corrected chi connectivity index (χ2v) is 5.39. The third-order valence-corrected chi connectivity index (χ3v) is 3.00. The molecule has 0 aliphatic heterocycles. The highest BCUT2D eigenvalue weighted by Crippen LogP contribution is 2.36. The molecule has 14 heavy (non-hydrogen) atoms. The molecule has 1 nitrogen and oxygen atoms in total. The summed E-state index contributed by atoms with van der Waals surface area (Å²) in [5.74, 6) is 0. The summed E-state index contributed by atoms with van der Waals surface area (Å²) < 4.78 is 0. The van der Waals surface area contributed by atoms with E-state index in [0.29, 0.717) is 5.41 Å². The summed E-state index contributed by atoms with van der Waals surface area (Å²) in [5, 5.41) is 9.70. The van der Waals surface area contributed by atoms with Gasteiger partial charge in [0.25, 0.3) is 0 Å². The average molecular weight is 196 g/mol. The van der Waals surface area contributed by atoms with Crippen LogP contribution in [-0.2, 0) is 0 Å². The first-order valence-electron chi connectivity index (χ1n) is 5.91. The molecule has 1 aliphatic rings. The van der Waals surface area contributed by atoms with Gasteiger partial charge >= 0.3 is 0 Å². The summed E-state index contributed by atoms with van der Waals surface area (Å²) in [6.45, 7) is 6.74. The maximum absolute atomic E-state index is 9.70. The summed E-state index contributed by atoms with van der Waals surface area (Å²) in [4.78, 5) is 0. The zero-order chi connectivity index (χ0) is 10.6. The van der Waals surface area contributed by atoms with Gasteiger partial charge in [0.05, 0.1) is 6.10 Å². The topological polar surface area (TPSA) is 20.2 Å². The molecule has 82 valence electrons. The highest BCUT2D eigenvalue weighted by atomic mass is 16.3. The van der Waals surface area contributed by atoms with E-state index in [4.69, 9.17) is 0 Å². The molecule has 0 saturated heterocycles. The Labute approximate surface area is 88.2 Å². The Bertz CT molecular complexity index is 203. The normalized spacial score (nSPS) is 26.0. The maximum Gasteiger partial charge on any atom is 0.0728 e. The van der Waals surface area contributed by atoms with E-state index in [-0.39, 0.29) is 6.10 Å². The van der Waals surface area contributed by atoms with Gasteiger partial charge in [-0.05, 0) is 31.1 Å². The smallest absolute Gasteiger partial charge is 0.0728 e. The number of allylic oxidation sites excluding steroid dienone is 1. The highest BCUT2D eigenvalue weighted by molar-refractivity contribution is 5.12. The Morgan fingerprint density at radius 2 is 2.14 bits per heavy atom. The van der Waals surface area contributed by atoms with E-state index >= 15 is 0 Å². The van der Waals surface area contributed by atoms with Crippen LogP contribution in [0.4, 0.5) is 0 Å². The van der Waals surface area contributed by atoms with Crippen LogP contribution in [0.15, 0.2) is 11.6 Å². The van der Waals surface area contributed by atoms with E-state index in [1.54, 1.807) is 0 Å². The molecule has 0 amide bonds. The predicted octanol–water partition coefficient (Wildman–Crippen LogP) is 3.67. The summed E-state index contributed by atoms with van der Waals surface area (Å²) in [7, 11) is 0. The molecule has 0 heterocycles. The van der Waals surface area contributed by atoms with E-state index in [9.17, 15) is 5.11 Å². The molecular weight excluding hydrogens is 172 g/mol. The third kappa shape index (κ3) is 3.83. The average Bonchev–Trinajstić information content (AvgIpc) is 2.00. The minimum Gasteiger partial charge on any atom is -0.389 e. The van der Waals surface area contributed by atoms with Gasteiger partial charge in [-0.15, -0.1) is 0 Å². The number of rotatable bonds is 4. The van der Waals surface area contributed by atoms with E-state index in [0.717, 1.165) is 6.42 Å². The minimum atomic E-state index is -0.199. The summed E-state index contributed by atoms with van der Waals surface area (Å²) in [6, 6.07) is 0. The lowest BCUT2D eigenvalue weighted by molar-refractivity contribution is 0.137. The molecule has 1 rings (SSSR count). The predicted molar refractivity (Wildman–Crippen MR) is 61.2 cm³/mol. The van der Waals surface area contributed by atoms with Crippen LogP contribution in [0, 0.1) is 5.41 Å². The molecule has 0 fully saturated rings. The fourth-order valence-corrected chi connectivity index (χ4v) is 2.42. The fraction of sp³-hybridized carbons (Fsp3) is 0.846. The second kappa shape index (κ2) is 4.97. The molecule has 1 N–H and O–H groups in total. The zero-order valence-electron chi connectivity index (χ0n) is 9.84. The SMILES string of the molecule is CCCCCC1=CC(O)CC(C)(C)C1. The lowest BCUT2D eigenvalue weighted by Gasteiger charge is -2.32. The van der Waals surface area contributed by atoms with Crippen molar-refractivity contribution in [2.24, 2.45) is 5.41 Å². The van der Waals surface area contributed by atoms with E-state index in [2.05, 4.69) is 26.8 Å². The van der Waals surface area contributed by atoms with Crippen molar-refractivity contribution in [3.63, 3.8) is 0 Å². The molecule has 1 heteroatoms. The Hall–Kier alpha value is -0.300. The van der Waals surface area contributed by atoms with Crippen molar-refractivity contribution in [3.8, 4) is 0 Å². The van der Waals surface area contributed by atoms with E-state index < -0.39 is 0 Å². The molecule has 0 bridgehead atoms. The van der Waals surface area contributed by atoms with Gasteiger partial charge in [0.15, 0.2) is 0 Å². The number of hydrogen-bond donors (Lipinski definition) is 1. The van der Waals surface area contributed by atoms with Crippen LogP contribution >= 0.6 is 0 Å². The lowest BCUT2D eigenvalue weighted by Crippen LogP contribution is -2.24. The quantitative estimate of drug-likeness (QED) is 0.537. The van der Waals surface area contributed by atoms with Gasteiger partial charge in [-0.25, -0.2) is 0 Å². The first kappa shape index (κ1) is 11.8. The van der Waals surface area contributed by atoms with Crippen molar-refractivity contribution in [1.82, 2.24) is 0 Å². The minimum absolute atomic E-state index is 0.199. The van der Waals surface area contributed by atoms with E-state index in [1.807, 2.05) is 0 Å². The number of unbranched alkanes of at least 4 members (excludes halogenated alkanes) is 2. The summed E-state index contributed by atoms with van der Waals surface area (Å²) >= 11 is 0. The van der Waals surface area contributed by atoms with Gasteiger partial charge in [-0.1, -0.05) is 45.3 Å². The van der Waals surface area contributed by atoms with Gasteiger partial charge in [-0.2, -0.15) is 0 Å². The van der Waals surface area contributed by atoms with Crippen LogP contribution in [0.25, 0.3) is 0 Å². The van der Waals surface area contributed by atoms with Crippen LogP contribution in [0.3, 0.4) is 0 Å². The second-order valence-electron chi connectivity index (χ2n) is 5.39. The van der Waals surface area contributed by atoms with Gasteiger partial charge in [0, 0.05) is 0 Å². The van der Waals surface area contributed by atoms with Crippen molar-refractivity contribution < 1.29 is 5.11 Å². The molecule has 0 aromatic carbocycles. The van der Waals surface area contributed by atoms with Gasteiger partial charge < -0.3 is 5.11 Å². The number of hydrogen-bond acceptors (Lipinski definition) is 1. The Kier molecular flexibility index (Phi) is 4.18. The molecule has 0 saturated carbocycles. The third-order valence-electron chi connectivity index (χ3n) is 3.00. The Morgan fingerprint density at radius 1 is 1.43 bits per heavy atom. The van der Waals surface area contributed by atoms with Crippen molar-refractivity contribution in [2.45, 2.75) is 65.4 Å². The van der Waals surface area contributed by atoms with Crippen molar-refractivity contribution in [3.05, 3.63) is 11.6 Å². The van der Waals surface area contributed by atoms with Crippen LogP contribution in [0.1, 0.15) is 59.3 Å². The van der Waals surface area contributed by atoms with Crippen LogP contribution in [-0.4, -0.2) is 11.2 Å². The molecule has 1 atom stereocenters. The molecule has 0 aromatic heterocycles. The molecule has 0 spiro atoms. The first-order chi connectivity index (χ1) is 6.53. The Morgan fingerprint density at radius 3 is 2.71 bits per heavy atom. The van der Waals surface area contributed by atoms with Crippen molar-refractivity contribution >= 4 is 0 Å².